The van der Waals surface area contributed by atoms with E-state index in [1.165, 1.54) is 64.2 Å². The minimum Gasteiger partial charge on any atom is -0.288 e. The molecule has 6 heteroatoms. The molecule has 0 atom stereocenters. The van der Waals surface area contributed by atoms with Crippen LogP contribution in [-0.2, 0) is 0 Å². The molecule has 0 unspecified atom stereocenters. The molecule has 0 saturated heterocycles. The molecule has 4 amide bonds. The van der Waals surface area contributed by atoms with E-state index in [0.29, 0.717) is 27.6 Å². The quantitative estimate of drug-likeness (QED) is 0.0467. The fourth-order valence-corrected chi connectivity index (χ4v) is 8.62. The molecule has 0 spiro atoms. The first-order valence-electron chi connectivity index (χ1n) is 18.9. The van der Waals surface area contributed by atoms with Crippen LogP contribution in [0.5, 0.6) is 0 Å². The number of unbranched alkanes of at least 4 members (excludes halogenated alkanes) is 12. The van der Waals surface area contributed by atoms with Crippen LogP contribution in [0.2, 0.25) is 0 Å². The topological polar surface area (TPSA) is 83.6 Å². The number of imide groups is 2. The predicted molar refractivity (Wildman–Crippen MR) is 199 cm³/mol. The van der Waals surface area contributed by atoms with E-state index < -0.39 is 11.8 Å². The largest absolute Gasteiger partial charge is 0.288 e. The van der Waals surface area contributed by atoms with Crippen molar-refractivity contribution in [1.29, 1.82) is 0 Å². The highest BCUT2D eigenvalue weighted by Crippen LogP contribution is 2.46. The second-order valence-electron chi connectivity index (χ2n) is 14.4. The third-order valence-corrected chi connectivity index (χ3v) is 11.2. The van der Waals surface area contributed by atoms with Gasteiger partial charge in [-0.2, -0.15) is 0 Å². The minimum atomic E-state index is -0.393. The average Bonchev–Trinajstić information content (AvgIpc) is 3.11. The Morgan fingerprint density at radius 1 is 0.449 bits per heavy atom. The van der Waals surface area contributed by atoms with Gasteiger partial charge in [0, 0.05) is 39.1 Å². The van der Waals surface area contributed by atoms with Crippen molar-refractivity contribution in [2.45, 2.75) is 123 Å². The van der Waals surface area contributed by atoms with Gasteiger partial charge in [0.25, 0.3) is 23.6 Å². The van der Waals surface area contributed by atoms with Gasteiger partial charge >= 0.3 is 0 Å². The van der Waals surface area contributed by atoms with E-state index in [0.717, 1.165) is 76.2 Å². The molecular formula is C43H48N2O4. The molecule has 0 bridgehead atoms. The van der Waals surface area contributed by atoms with Crippen LogP contribution in [0, 0.1) is 0 Å². The van der Waals surface area contributed by atoms with Gasteiger partial charge < -0.3 is 0 Å². The summed E-state index contributed by atoms with van der Waals surface area (Å²) in [5.41, 5.74) is 2.14. The standard InChI is InChI=1S/C43H48N2O4/c1-3-5-7-9-11-13-15-17-27(18-16-14-12-10-8-6-4-2)45-42(48)34-25-21-30-28-19-23-32-38-33(41(47)44-40(32)46)24-20-29(36(28)38)31-22-26-35(43(45)49)39(34)37(30)31/h19-27H,3-18H2,1-2H3,(H,44,46,47). The second-order valence-corrected chi connectivity index (χ2v) is 14.4. The molecule has 6 nitrogen and oxygen atoms in total. The molecule has 49 heavy (non-hydrogen) atoms. The maximum Gasteiger partial charge on any atom is 0.261 e. The van der Waals surface area contributed by atoms with Gasteiger partial charge in [0.15, 0.2) is 0 Å². The number of hydrogen-bond acceptors (Lipinski definition) is 4. The lowest BCUT2D eigenvalue weighted by molar-refractivity contribution is 0.0516. The first-order chi connectivity index (χ1) is 24.0. The zero-order valence-electron chi connectivity index (χ0n) is 29.1. The number of fused-ring (bicyclic) bond motifs is 2. The van der Waals surface area contributed by atoms with Crippen molar-refractivity contribution in [2.24, 2.45) is 0 Å². The Hall–Kier alpha value is -4.32. The minimum absolute atomic E-state index is 0.109. The summed E-state index contributed by atoms with van der Waals surface area (Å²) in [6.45, 7) is 4.48. The van der Waals surface area contributed by atoms with E-state index in [9.17, 15) is 19.2 Å². The molecule has 0 aromatic heterocycles. The van der Waals surface area contributed by atoms with E-state index >= 15 is 0 Å². The molecule has 5 aromatic carbocycles. The Kier molecular flexibility index (Phi) is 9.66. The highest BCUT2D eigenvalue weighted by molar-refractivity contribution is 6.41. The molecule has 0 aliphatic carbocycles. The summed E-state index contributed by atoms with van der Waals surface area (Å²) in [7, 11) is 0. The van der Waals surface area contributed by atoms with E-state index in [-0.39, 0.29) is 17.9 Å². The van der Waals surface area contributed by atoms with Gasteiger partial charge in [-0.1, -0.05) is 128 Å². The van der Waals surface area contributed by atoms with Crippen LogP contribution < -0.4 is 5.32 Å². The lowest BCUT2D eigenvalue weighted by atomic mass is 9.82. The molecule has 254 valence electrons. The van der Waals surface area contributed by atoms with Crippen LogP contribution in [0.15, 0.2) is 48.5 Å². The summed E-state index contributed by atoms with van der Waals surface area (Å²) < 4.78 is 0. The van der Waals surface area contributed by atoms with Crippen molar-refractivity contribution in [1.82, 2.24) is 10.2 Å². The van der Waals surface area contributed by atoms with Crippen LogP contribution >= 0.6 is 0 Å². The third kappa shape index (κ3) is 5.87. The van der Waals surface area contributed by atoms with Crippen molar-refractivity contribution < 1.29 is 19.2 Å². The SMILES string of the molecule is CCCCCCCCCC(CCCCCCCCC)N1C(=O)c2ccc3c4ccc5c6c(ccc(c7ccc(c2c37)C1=O)c64)C(=O)NC5=O. The van der Waals surface area contributed by atoms with Crippen LogP contribution in [0.25, 0.3) is 43.1 Å². The van der Waals surface area contributed by atoms with Gasteiger partial charge in [-0.05, 0) is 69.4 Å². The number of carbonyl (C=O) groups is 4. The molecule has 2 aliphatic heterocycles. The smallest absolute Gasteiger partial charge is 0.261 e. The molecule has 7 rings (SSSR count). The first-order valence-corrected chi connectivity index (χ1v) is 18.9. The highest BCUT2D eigenvalue weighted by Gasteiger charge is 2.38. The van der Waals surface area contributed by atoms with Crippen LogP contribution in [0.4, 0.5) is 0 Å². The summed E-state index contributed by atoms with van der Waals surface area (Å²) in [6.07, 6.45) is 18.5. The fraction of sp³-hybridized carbons (Fsp3) is 0.442. The Morgan fingerprint density at radius 3 is 1.20 bits per heavy atom. The number of carbonyl (C=O) groups excluding carboxylic acids is 4. The molecule has 1 N–H and O–H groups in total. The normalized spacial score (nSPS) is 14.5. The van der Waals surface area contributed by atoms with E-state index in [1.807, 2.05) is 36.4 Å². The van der Waals surface area contributed by atoms with Gasteiger partial charge in [0.1, 0.15) is 0 Å². The molecule has 2 heterocycles. The number of amides is 4. The summed E-state index contributed by atoms with van der Waals surface area (Å²) in [6, 6.07) is 15.1. The second kappa shape index (κ2) is 14.3. The first kappa shape index (κ1) is 33.2. The highest BCUT2D eigenvalue weighted by atomic mass is 16.2. The number of benzene rings is 5. The Labute approximate surface area is 288 Å². The maximum atomic E-state index is 14.5. The van der Waals surface area contributed by atoms with E-state index in [4.69, 9.17) is 0 Å². The number of rotatable bonds is 17. The van der Waals surface area contributed by atoms with Crippen molar-refractivity contribution in [3.8, 4) is 0 Å². The third-order valence-electron chi connectivity index (χ3n) is 11.2. The Bertz CT molecular complexity index is 1940. The fourth-order valence-electron chi connectivity index (χ4n) is 8.62. The Balaban J connectivity index is 1.24. The Morgan fingerprint density at radius 2 is 0.796 bits per heavy atom. The van der Waals surface area contributed by atoms with Crippen LogP contribution in [0.1, 0.15) is 158 Å². The van der Waals surface area contributed by atoms with Crippen molar-refractivity contribution in [3.63, 3.8) is 0 Å². The molecule has 2 aliphatic rings. The van der Waals surface area contributed by atoms with E-state index in [2.05, 4.69) is 19.2 Å². The van der Waals surface area contributed by atoms with Crippen LogP contribution in [-0.4, -0.2) is 34.6 Å². The van der Waals surface area contributed by atoms with Gasteiger partial charge in [-0.3, -0.25) is 29.4 Å². The zero-order chi connectivity index (χ0) is 34.1. The molecule has 0 saturated carbocycles. The van der Waals surface area contributed by atoms with Crippen molar-refractivity contribution >= 4 is 66.7 Å². The summed E-state index contributed by atoms with van der Waals surface area (Å²) >= 11 is 0. The number of nitrogens with zero attached hydrogens (tertiary/aromatic N) is 1. The monoisotopic (exact) mass is 656 g/mol. The number of hydrogen-bond donors (Lipinski definition) is 1. The molecule has 0 fully saturated rings. The maximum absolute atomic E-state index is 14.5. The van der Waals surface area contributed by atoms with Gasteiger partial charge in [-0.25, -0.2) is 0 Å². The molecular weight excluding hydrogens is 608 g/mol. The summed E-state index contributed by atoms with van der Waals surface area (Å²) in [5.74, 6) is -1.15. The average molecular weight is 657 g/mol. The number of nitrogens with one attached hydrogen (secondary N) is 1. The predicted octanol–water partition coefficient (Wildman–Crippen LogP) is 10.9. The van der Waals surface area contributed by atoms with Gasteiger partial charge in [0.05, 0.1) is 0 Å². The van der Waals surface area contributed by atoms with Gasteiger partial charge in [0.2, 0.25) is 0 Å². The van der Waals surface area contributed by atoms with Crippen molar-refractivity contribution in [2.75, 3.05) is 0 Å². The summed E-state index contributed by atoms with van der Waals surface area (Å²) in [4.78, 5) is 56.1. The van der Waals surface area contributed by atoms with Crippen LogP contribution in [0.3, 0.4) is 0 Å². The van der Waals surface area contributed by atoms with E-state index in [1.54, 1.807) is 17.0 Å². The molecule has 0 radical (unpaired) electrons. The zero-order valence-corrected chi connectivity index (χ0v) is 29.1. The lowest BCUT2D eigenvalue weighted by Gasteiger charge is -2.35. The summed E-state index contributed by atoms with van der Waals surface area (Å²) in [5, 5.41) is 9.27. The molecule has 5 aromatic rings. The lowest BCUT2D eigenvalue weighted by Crippen LogP contribution is -2.47. The van der Waals surface area contributed by atoms with Gasteiger partial charge in [-0.15, -0.1) is 0 Å². The van der Waals surface area contributed by atoms with Crippen molar-refractivity contribution in [3.05, 3.63) is 70.8 Å².